The average Bonchev–Trinajstić information content (AvgIpc) is 3.17. The van der Waals surface area contributed by atoms with E-state index in [1.54, 1.807) is 12.1 Å². The van der Waals surface area contributed by atoms with Gasteiger partial charge < -0.3 is 5.11 Å². The van der Waals surface area contributed by atoms with Gasteiger partial charge >= 0.3 is 0 Å². The maximum Gasteiger partial charge on any atom is 0.230 e. The first-order chi connectivity index (χ1) is 12.6. The van der Waals surface area contributed by atoms with Gasteiger partial charge in [0.15, 0.2) is 5.82 Å². The first kappa shape index (κ1) is 17.4. The summed E-state index contributed by atoms with van der Waals surface area (Å²) in [6.07, 6.45) is 2.93. The molecule has 26 heavy (non-hydrogen) atoms. The predicted octanol–water partition coefficient (Wildman–Crippen LogP) is 4.02. The van der Waals surface area contributed by atoms with Gasteiger partial charge in [0, 0.05) is 6.42 Å². The Bertz CT molecular complexity index is 914. The summed E-state index contributed by atoms with van der Waals surface area (Å²) < 4.78 is 15.4. The van der Waals surface area contributed by atoms with Crippen molar-refractivity contribution in [2.45, 2.75) is 39.2 Å². The Morgan fingerprint density at radius 1 is 1.35 bits per heavy atom. The van der Waals surface area contributed by atoms with Crippen LogP contribution in [0.4, 0.5) is 4.39 Å². The lowest BCUT2D eigenvalue weighted by atomic mass is 9.95. The lowest BCUT2D eigenvalue weighted by molar-refractivity contribution is 0.157. The molecular formula is C19H23FN4OS. The normalized spacial score (nSPS) is 17.8. The number of rotatable bonds is 4. The number of benzene rings is 1. The van der Waals surface area contributed by atoms with E-state index in [2.05, 4.69) is 21.9 Å². The number of piperidine rings is 1. The largest absolute Gasteiger partial charge is 0.492 e. The van der Waals surface area contributed by atoms with Gasteiger partial charge in [-0.25, -0.2) is 9.37 Å². The Labute approximate surface area is 156 Å². The van der Waals surface area contributed by atoms with E-state index < -0.39 is 0 Å². The minimum Gasteiger partial charge on any atom is -0.492 e. The third-order valence-corrected chi connectivity index (χ3v) is 6.23. The Morgan fingerprint density at radius 3 is 2.77 bits per heavy atom. The van der Waals surface area contributed by atoms with Crippen LogP contribution in [0.25, 0.3) is 4.96 Å². The monoisotopic (exact) mass is 374 g/mol. The van der Waals surface area contributed by atoms with Crippen molar-refractivity contribution in [3.05, 3.63) is 46.3 Å². The number of hydrogen-bond donors (Lipinski definition) is 1. The zero-order valence-corrected chi connectivity index (χ0v) is 15.8. The van der Waals surface area contributed by atoms with Crippen LogP contribution in [0.3, 0.4) is 0 Å². The number of aromatic nitrogens is 3. The lowest BCUT2D eigenvalue weighted by Crippen LogP contribution is -2.36. The molecular weight excluding hydrogens is 351 g/mol. The highest BCUT2D eigenvalue weighted by Gasteiger charge is 2.31. The molecule has 4 rings (SSSR count). The summed E-state index contributed by atoms with van der Waals surface area (Å²) in [6.45, 7) is 6.11. The van der Waals surface area contributed by atoms with Gasteiger partial charge in [-0.15, -0.1) is 5.10 Å². The number of hydrogen-bond acceptors (Lipinski definition) is 5. The molecule has 138 valence electrons. The van der Waals surface area contributed by atoms with Gasteiger partial charge in [-0.3, -0.25) is 4.90 Å². The first-order valence-corrected chi connectivity index (χ1v) is 9.95. The zero-order valence-electron chi connectivity index (χ0n) is 15.0. The van der Waals surface area contributed by atoms with Gasteiger partial charge in [-0.05, 0) is 49.5 Å². The number of fused-ring (bicyclic) bond motifs is 1. The molecule has 2 aromatic heterocycles. The quantitative estimate of drug-likeness (QED) is 0.749. The third-order valence-electron chi connectivity index (χ3n) is 5.16. The molecule has 1 aromatic carbocycles. The molecule has 0 amide bonds. The van der Waals surface area contributed by atoms with Crippen molar-refractivity contribution in [3.8, 4) is 5.88 Å². The Kier molecular flexibility index (Phi) is 4.67. The maximum atomic E-state index is 13.9. The zero-order chi connectivity index (χ0) is 18.3. The second-order valence-electron chi connectivity index (χ2n) is 7.04. The molecule has 1 aliphatic rings. The van der Waals surface area contributed by atoms with Gasteiger partial charge in [0.25, 0.3) is 0 Å². The number of nitrogens with zero attached hydrogens (tertiary/aromatic N) is 4. The SMILES string of the molecule is CCc1nc2sc(C(c3cccc(F)c3)N3CCC(C)CC3)c(O)n2n1. The minimum atomic E-state index is -0.259. The average molecular weight is 374 g/mol. The molecule has 1 fully saturated rings. The molecule has 3 aromatic rings. The van der Waals surface area contributed by atoms with Crippen LogP contribution in [-0.4, -0.2) is 37.7 Å². The van der Waals surface area contributed by atoms with E-state index in [0.717, 1.165) is 42.8 Å². The summed E-state index contributed by atoms with van der Waals surface area (Å²) in [7, 11) is 0. The van der Waals surface area contributed by atoms with Gasteiger partial charge in [0.05, 0.1) is 10.9 Å². The number of likely N-dealkylation sites (tertiary alicyclic amines) is 1. The highest BCUT2D eigenvalue weighted by molar-refractivity contribution is 7.17. The summed E-state index contributed by atoms with van der Waals surface area (Å²) in [5.74, 6) is 1.27. The number of aryl methyl sites for hydroxylation is 1. The summed E-state index contributed by atoms with van der Waals surface area (Å²) in [4.78, 5) is 8.28. The standard InChI is InChI=1S/C19H23FN4OS/c1-3-15-21-19-24(22-15)18(25)17(26-19)16(13-5-4-6-14(20)11-13)23-9-7-12(2)8-10-23/h4-6,11-12,16,25H,3,7-10H2,1-2H3. The van der Waals surface area contributed by atoms with Crippen LogP contribution in [0.15, 0.2) is 24.3 Å². The molecule has 5 nitrogen and oxygen atoms in total. The molecule has 1 unspecified atom stereocenters. The molecule has 0 saturated carbocycles. The highest BCUT2D eigenvalue weighted by atomic mass is 32.1. The lowest BCUT2D eigenvalue weighted by Gasteiger charge is -2.36. The van der Waals surface area contributed by atoms with Crippen LogP contribution < -0.4 is 0 Å². The Balaban J connectivity index is 1.79. The number of aromatic hydroxyl groups is 1. The Hall–Kier alpha value is -1.99. The van der Waals surface area contributed by atoms with Crippen LogP contribution in [0.2, 0.25) is 0 Å². The van der Waals surface area contributed by atoms with Crippen molar-refractivity contribution in [1.29, 1.82) is 0 Å². The predicted molar refractivity (Wildman–Crippen MR) is 100 cm³/mol. The van der Waals surface area contributed by atoms with Crippen LogP contribution >= 0.6 is 11.3 Å². The van der Waals surface area contributed by atoms with Crippen molar-refractivity contribution < 1.29 is 9.50 Å². The van der Waals surface area contributed by atoms with Gasteiger partial charge in [-0.2, -0.15) is 4.52 Å². The second kappa shape index (κ2) is 6.96. The van der Waals surface area contributed by atoms with Crippen molar-refractivity contribution in [1.82, 2.24) is 19.5 Å². The Morgan fingerprint density at radius 2 is 2.12 bits per heavy atom. The summed E-state index contributed by atoms with van der Waals surface area (Å²) in [6, 6.07) is 6.49. The van der Waals surface area contributed by atoms with E-state index in [1.165, 1.54) is 21.9 Å². The molecule has 1 atom stereocenters. The van der Waals surface area contributed by atoms with Crippen LogP contribution in [0.5, 0.6) is 5.88 Å². The molecule has 0 bridgehead atoms. The van der Waals surface area contributed by atoms with E-state index in [0.29, 0.717) is 16.7 Å². The van der Waals surface area contributed by atoms with E-state index in [9.17, 15) is 9.50 Å². The molecule has 0 radical (unpaired) electrons. The van der Waals surface area contributed by atoms with E-state index in [1.807, 2.05) is 13.0 Å². The third kappa shape index (κ3) is 3.10. The molecule has 1 N–H and O–H groups in total. The molecule has 0 aliphatic carbocycles. The van der Waals surface area contributed by atoms with E-state index >= 15 is 0 Å². The van der Waals surface area contributed by atoms with Crippen molar-refractivity contribution in [2.24, 2.45) is 5.92 Å². The van der Waals surface area contributed by atoms with E-state index in [-0.39, 0.29) is 17.7 Å². The van der Waals surface area contributed by atoms with Crippen molar-refractivity contribution in [2.75, 3.05) is 13.1 Å². The van der Waals surface area contributed by atoms with Crippen LogP contribution in [0.1, 0.15) is 49.0 Å². The molecule has 1 aliphatic heterocycles. The topological polar surface area (TPSA) is 53.7 Å². The summed E-state index contributed by atoms with van der Waals surface area (Å²) in [5, 5.41) is 15.2. The summed E-state index contributed by atoms with van der Waals surface area (Å²) >= 11 is 1.44. The second-order valence-corrected chi connectivity index (χ2v) is 8.05. The van der Waals surface area contributed by atoms with Crippen LogP contribution in [-0.2, 0) is 6.42 Å². The van der Waals surface area contributed by atoms with Crippen LogP contribution in [0, 0.1) is 11.7 Å². The van der Waals surface area contributed by atoms with Gasteiger partial charge in [0.1, 0.15) is 5.82 Å². The molecule has 0 spiro atoms. The first-order valence-electron chi connectivity index (χ1n) is 9.13. The smallest absolute Gasteiger partial charge is 0.230 e. The molecule has 7 heteroatoms. The molecule has 3 heterocycles. The minimum absolute atomic E-state index is 0.116. The van der Waals surface area contributed by atoms with Gasteiger partial charge in [-0.1, -0.05) is 37.3 Å². The van der Waals surface area contributed by atoms with Gasteiger partial charge in [0.2, 0.25) is 10.8 Å². The number of thiazole rings is 1. The van der Waals surface area contributed by atoms with Crippen molar-refractivity contribution >= 4 is 16.3 Å². The highest BCUT2D eigenvalue weighted by Crippen LogP contribution is 2.41. The summed E-state index contributed by atoms with van der Waals surface area (Å²) in [5.41, 5.74) is 0.857. The fourth-order valence-electron chi connectivity index (χ4n) is 3.61. The fraction of sp³-hybridized carbons (Fsp3) is 0.474. The van der Waals surface area contributed by atoms with E-state index in [4.69, 9.17) is 0 Å². The fourth-order valence-corrected chi connectivity index (χ4v) is 4.75. The molecule has 1 saturated heterocycles. The number of halogens is 1. The van der Waals surface area contributed by atoms with Crippen molar-refractivity contribution in [3.63, 3.8) is 0 Å². The maximum absolute atomic E-state index is 13.9.